The van der Waals surface area contributed by atoms with Crippen LogP contribution in [0.5, 0.6) is 0 Å². The lowest BCUT2D eigenvalue weighted by Gasteiger charge is -2.31. The SMILES string of the molecule is O=C(Cc1ccc(-c2ccn3ncnc3c2)cc1)Nc1ccc(N2CCC(O)CC2)c(F)c1. The van der Waals surface area contributed by atoms with Crippen molar-refractivity contribution >= 4 is 22.9 Å². The van der Waals surface area contributed by atoms with Crippen LogP contribution in [0, 0.1) is 5.82 Å². The molecule has 0 bridgehead atoms. The van der Waals surface area contributed by atoms with Gasteiger partial charge in [0.25, 0.3) is 0 Å². The lowest BCUT2D eigenvalue weighted by molar-refractivity contribution is -0.115. The second kappa shape index (κ2) is 8.99. The zero-order valence-corrected chi connectivity index (χ0v) is 18.0. The highest BCUT2D eigenvalue weighted by Gasteiger charge is 2.20. The van der Waals surface area contributed by atoms with E-state index in [1.807, 2.05) is 47.5 Å². The minimum atomic E-state index is -0.377. The fourth-order valence-electron chi connectivity index (χ4n) is 4.15. The number of aliphatic hydroxyl groups is 1. The topological polar surface area (TPSA) is 82.8 Å². The Morgan fingerprint density at radius 2 is 1.85 bits per heavy atom. The first kappa shape index (κ1) is 21.1. The number of hydrogen-bond acceptors (Lipinski definition) is 5. The number of nitrogens with one attached hydrogen (secondary N) is 1. The summed E-state index contributed by atoms with van der Waals surface area (Å²) in [6.07, 6.45) is 4.51. The van der Waals surface area contributed by atoms with Crippen LogP contribution in [-0.2, 0) is 11.2 Å². The summed E-state index contributed by atoms with van der Waals surface area (Å²) in [7, 11) is 0. The van der Waals surface area contributed by atoms with Crippen molar-refractivity contribution in [2.45, 2.75) is 25.4 Å². The first-order valence-corrected chi connectivity index (χ1v) is 11.0. The Morgan fingerprint density at radius 3 is 2.61 bits per heavy atom. The Labute approximate surface area is 190 Å². The highest BCUT2D eigenvalue weighted by molar-refractivity contribution is 5.92. The van der Waals surface area contributed by atoms with Crippen molar-refractivity contribution in [3.05, 3.63) is 78.5 Å². The zero-order valence-electron chi connectivity index (χ0n) is 18.0. The molecule has 1 aliphatic rings. The van der Waals surface area contributed by atoms with Gasteiger partial charge >= 0.3 is 0 Å². The normalized spacial score (nSPS) is 14.5. The molecule has 3 heterocycles. The van der Waals surface area contributed by atoms with Gasteiger partial charge in [-0.15, -0.1) is 0 Å². The van der Waals surface area contributed by atoms with E-state index in [2.05, 4.69) is 15.4 Å². The fraction of sp³-hybridized carbons (Fsp3) is 0.240. The molecule has 168 valence electrons. The van der Waals surface area contributed by atoms with Crippen molar-refractivity contribution in [3.8, 4) is 11.1 Å². The van der Waals surface area contributed by atoms with E-state index in [0.717, 1.165) is 22.3 Å². The van der Waals surface area contributed by atoms with Crippen LogP contribution in [0.2, 0.25) is 0 Å². The van der Waals surface area contributed by atoms with Gasteiger partial charge in [-0.1, -0.05) is 24.3 Å². The quantitative estimate of drug-likeness (QED) is 0.490. The number of aliphatic hydroxyl groups excluding tert-OH is 1. The van der Waals surface area contributed by atoms with Crippen LogP contribution in [0.1, 0.15) is 18.4 Å². The number of benzene rings is 2. The summed E-state index contributed by atoms with van der Waals surface area (Å²) in [4.78, 5) is 18.6. The minimum absolute atomic E-state index is 0.191. The van der Waals surface area contributed by atoms with Crippen LogP contribution in [0.3, 0.4) is 0 Å². The highest BCUT2D eigenvalue weighted by Crippen LogP contribution is 2.26. The Balaban J connectivity index is 1.21. The predicted molar refractivity (Wildman–Crippen MR) is 125 cm³/mol. The molecule has 7 nitrogen and oxygen atoms in total. The zero-order chi connectivity index (χ0) is 22.8. The van der Waals surface area contributed by atoms with Gasteiger partial charge in [0, 0.05) is 25.0 Å². The molecule has 2 aromatic heterocycles. The van der Waals surface area contributed by atoms with Crippen LogP contribution in [0.25, 0.3) is 16.8 Å². The number of aromatic nitrogens is 3. The molecule has 1 saturated heterocycles. The molecule has 0 aliphatic carbocycles. The standard InChI is InChI=1S/C25H24FN5O2/c26-22-15-20(5-6-23(22)30-10-8-21(32)9-11-30)29-25(33)13-17-1-3-18(4-2-17)19-7-12-31-24(14-19)27-16-28-31/h1-7,12,14-16,21,32H,8-11,13H2,(H,29,33). The number of halogens is 1. The third-order valence-corrected chi connectivity index (χ3v) is 5.97. The van der Waals surface area contributed by atoms with Gasteiger partial charge in [0.05, 0.1) is 18.2 Å². The van der Waals surface area contributed by atoms with Crippen molar-refractivity contribution in [2.24, 2.45) is 0 Å². The smallest absolute Gasteiger partial charge is 0.228 e. The number of carbonyl (C=O) groups is 1. The van der Waals surface area contributed by atoms with Crippen molar-refractivity contribution in [3.63, 3.8) is 0 Å². The second-order valence-corrected chi connectivity index (χ2v) is 8.28. The number of carbonyl (C=O) groups excluding carboxylic acids is 1. The number of nitrogens with zero attached hydrogens (tertiary/aromatic N) is 4. The maximum absolute atomic E-state index is 14.6. The summed E-state index contributed by atoms with van der Waals surface area (Å²) in [5.41, 5.74) is 4.60. The van der Waals surface area contributed by atoms with Gasteiger partial charge in [-0.2, -0.15) is 5.10 Å². The van der Waals surface area contributed by atoms with Gasteiger partial charge in [0.15, 0.2) is 5.65 Å². The van der Waals surface area contributed by atoms with Crippen molar-refractivity contribution in [2.75, 3.05) is 23.3 Å². The summed E-state index contributed by atoms with van der Waals surface area (Å²) < 4.78 is 16.3. The van der Waals surface area contributed by atoms with E-state index < -0.39 is 0 Å². The molecular formula is C25H24FN5O2. The summed E-state index contributed by atoms with van der Waals surface area (Å²) in [6.45, 7) is 1.24. The minimum Gasteiger partial charge on any atom is -0.393 e. The number of pyridine rings is 1. The number of anilines is 2. The van der Waals surface area contributed by atoms with Crippen molar-refractivity contribution in [1.29, 1.82) is 0 Å². The lowest BCUT2D eigenvalue weighted by Crippen LogP contribution is -2.36. The first-order chi connectivity index (χ1) is 16.0. The summed E-state index contributed by atoms with van der Waals surface area (Å²) in [6, 6.07) is 16.4. The maximum Gasteiger partial charge on any atom is 0.228 e. The highest BCUT2D eigenvalue weighted by atomic mass is 19.1. The number of fused-ring (bicyclic) bond motifs is 1. The van der Waals surface area contributed by atoms with E-state index >= 15 is 0 Å². The van der Waals surface area contributed by atoms with Crippen LogP contribution < -0.4 is 10.2 Å². The molecule has 4 aromatic rings. The molecule has 1 amide bonds. The fourth-order valence-corrected chi connectivity index (χ4v) is 4.15. The monoisotopic (exact) mass is 445 g/mol. The number of amides is 1. The van der Waals surface area contributed by atoms with Gasteiger partial charge in [-0.05, 0) is 59.9 Å². The van der Waals surface area contributed by atoms with E-state index in [0.29, 0.717) is 37.3 Å². The second-order valence-electron chi connectivity index (χ2n) is 8.28. The molecule has 33 heavy (non-hydrogen) atoms. The van der Waals surface area contributed by atoms with E-state index in [-0.39, 0.29) is 24.2 Å². The molecule has 8 heteroatoms. The van der Waals surface area contributed by atoms with Crippen LogP contribution in [-0.4, -0.2) is 44.8 Å². The molecule has 1 aliphatic heterocycles. The molecule has 2 aromatic carbocycles. The molecule has 0 radical (unpaired) electrons. The Bertz CT molecular complexity index is 1280. The van der Waals surface area contributed by atoms with E-state index in [4.69, 9.17) is 0 Å². The average Bonchev–Trinajstić information content (AvgIpc) is 3.28. The van der Waals surface area contributed by atoms with Crippen LogP contribution in [0.15, 0.2) is 67.1 Å². The molecule has 0 spiro atoms. The largest absolute Gasteiger partial charge is 0.393 e. The molecule has 5 rings (SSSR count). The van der Waals surface area contributed by atoms with Gasteiger partial charge < -0.3 is 15.3 Å². The third kappa shape index (κ3) is 4.70. The molecule has 0 atom stereocenters. The Kier molecular flexibility index (Phi) is 5.75. The van der Waals surface area contributed by atoms with Gasteiger partial charge in [-0.25, -0.2) is 13.9 Å². The van der Waals surface area contributed by atoms with Gasteiger partial charge in [0.1, 0.15) is 12.1 Å². The maximum atomic E-state index is 14.6. The summed E-state index contributed by atoms with van der Waals surface area (Å²) >= 11 is 0. The third-order valence-electron chi connectivity index (χ3n) is 5.97. The molecule has 1 fully saturated rings. The predicted octanol–water partition coefficient (Wildman–Crippen LogP) is 3.68. The molecule has 2 N–H and O–H groups in total. The molecule has 0 unspecified atom stereocenters. The molecular weight excluding hydrogens is 421 g/mol. The first-order valence-electron chi connectivity index (χ1n) is 11.0. The summed E-state index contributed by atoms with van der Waals surface area (Å²) in [5.74, 6) is -0.584. The van der Waals surface area contributed by atoms with Crippen LogP contribution in [0.4, 0.5) is 15.8 Å². The Hall–Kier alpha value is -3.78. The number of hydrogen-bond donors (Lipinski definition) is 2. The summed E-state index contributed by atoms with van der Waals surface area (Å²) in [5, 5.41) is 16.5. The van der Waals surface area contributed by atoms with Crippen LogP contribution >= 0.6 is 0 Å². The van der Waals surface area contributed by atoms with E-state index in [1.165, 1.54) is 12.4 Å². The van der Waals surface area contributed by atoms with Gasteiger partial charge in [-0.3, -0.25) is 4.79 Å². The van der Waals surface area contributed by atoms with E-state index in [1.54, 1.807) is 16.6 Å². The number of piperidine rings is 1. The van der Waals surface area contributed by atoms with E-state index in [9.17, 15) is 14.3 Å². The van der Waals surface area contributed by atoms with Crippen molar-refractivity contribution in [1.82, 2.24) is 14.6 Å². The van der Waals surface area contributed by atoms with Gasteiger partial charge in [0.2, 0.25) is 5.91 Å². The number of rotatable bonds is 5. The Morgan fingerprint density at radius 1 is 1.06 bits per heavy atom. The van der Waals surface area contributed by atoms with Crippen molar-refractivity contribution < 1.29 is 14.3 Å². The average molecular weight is 445 g/mol. The molecule has 0 saturated carbocycles. The lowest BCUT2D eigenvalue weighted by atomic mass is 10.0.